The van der Waals surface area contributed by atoms with Gasteiger partial charge in [-0.3, -0.25) is 9.59 Å². The molecular weight excluding hydrogens is 449 g/mol. The predicted molar refractivity (Wildman–Crippen MR) is 128 cm³/mol. The zero-order chi connectivity index (χ0) is 22.7. The first-order valence-electron chi connectivity index (χ1n) is 11.0. The Morgan fingerprint density at radius 2 is 1.84 bits per heavy atom. The number of rotatable bonds is 5. The third kappa shape index (κ3) is 5.13. The van der Waals surface area contributed by atoms with Gasteiger partial charge in [0.15, 0.2) is 0 Å². The van der Waals surface area contributed by atoms with Gasteiger partial charge in [0.25, 0.3) is 0 Å². The van der Waals surface area contributed by atoms with Crippen molar-refractivity contribution in [2.24, 2.45) is 0 Å². The van der Waals surface area contributed by atoms with E-state index in [9.17, 15) is 9.59 Å². The fourth-order valence-electron chi connectivity index (χ4n) is 4.41. The highest BCUT2D eigenvalue weighted by atomic mass is 35.5. The summed E-state index contributed by atoms with van der Waals surface area (Å²) in [4.78, 5) is 28.5. The molecule has 0 unspecified atom stereocenters. The topological polar surface area (TPSA) is 61.9 Å². The molecule has 4 rings (SSSR count). The Morgan fingerprint density at radius 1 is 1.03 bits per heavy atom. The third-order valence-electron chi connectivity index (χ3n) is 6.04. The van der Waals surface area contributed by atoms with Crippen molar-refractivity contribution in [1.82, 2.24) is 4.90 Å². The van der Waals surface area contributed by atoms with Crippen molar-refractivity contribution >= 4 is 46.4 Å². The molecule has 0 radical (unpaired) electrons. The molecule has 0 bridgehead atoms. The number of piperidine rings is 1. The molecule has 2 heterocycles. The lowest BCUT2D eigenvalue weighted by atomic mass is 10.0. The number of ether oxygens (including phenoxy) is 1. The molecule has 0 saturated carbocycles. The number of benzene rings is 2. The molecule has 2 aliphatic rings. The molecule has 8 heteroatoms. The molecule has 1 N–H and O–H groups in total. The largest absolute Gasteiger partial charge is 0.487 e. The summed E-state index contributed by atoms with van der Waals surface area (Å²) in [5.74, 6) is 0.323. The maximum atomic E-state index is 12.8. The number of hydrogen-bond acceptors (Lipinski definition) is 4. The number of likely N-dealkylation sites (tertiary alicyclic amines) is 1. The summed E-state index contributed by atoms with van der Waals surface area (Å²) in [6, 6.07) is 12.6. The van der Waals surface area contributed by atoms with Crippen molar-refractivity contribution in [3.05, 3.63) is 52.5 Å². The van der Waals surface area contributed by atoms with Gasteiger partial charge in [0.1, 0.15) is 17.9 Å². The Labute approximate surface area is 198 Å². The van der Waals surface area contributed by atoms with Crippen LogP contribution >= 0.6 is 23.2 Å². The van der Waals surface area contributed by atoms with Gasteiger partial charge in [-0.05, 0) is 49.6 Å². The predicted octanol–water partition coefficient (Wildman–Crippen LogP) is 4.99. The molecule has 2 amide bonds. The normalized spacial score (nSPS) is 20.8. The van der Waals surface area contributed by atoms with Crippen LogP contribution in [0.25, 0.3) is 0 Å². The van der Waals surface area contributed by atoms with Crippen molar-refractivity contribution in [1.29, 1.82) is 0 Å². The monoisotopic (exact) mass is 475 g/mol. The number of para-hydroxylation sites is 1. The van der Waals surface area contributed by atoms with E-state index in [4.69, 9.17) is 27.9 Å². The van der Waals surface area contributed by atoms with Crippen LogP contribution in [0.1, 0.15) is 32.6 Å². The smallest absolute Gasteiger partial charge is 0.247 e. The molecule has 0 spiro atoms. The first-order valence-corrected chi connectivity index (χ1v) is 11.7. The van der Waals surface area contributed by atoms with Crippen LogP contribution < -0.4 is 15.0 Å². The SMILES string of the molecule is CC(=O)N1CCCC[C@@H]1C(=O)Nc1ccc(O[C@H]2CCN(c3ccccc3Cl)C2)c(Cl)c1. The van der Waals surface area contributed by atoms with Crippen LogP contribution in [-0.2, 0) is 9.59 Å². The molecule has 2 aromatic rings. The molecule has 0 aromatic heterocycles. The number of halogens is 2. The van der Waals surface area contributed by atoms with Crippen molar-refractivity contribution in [3.8, 4) is 5.75 Å². The van der Waals surface area contributed by atoms with Crippen LogP contribution in [0.15, 0.2) is 42.5 Å². The molecule has 2 atom stereocenters. The van der Waals surface area contributed by atoms with E-state index in [1.807, 2.05) is 24.3 Å². The highest BCUT2D eigenvalue weighted by molar-refractivity contribution is 6.33. The van der Waals surface area contributed by atoms with Gasteiger partial charge >= 0.3 is 0 Å². The molecule has 2 aromatic carbocycles. The Kier molecular flexibility index (Phi) is 7.11. The van der Waals surface area contributed by atoms with Gasteiger partial charge in [-0.2, -0.15) is 0 Å². The van der Waals surface area contributed by atoms with Gasteiger partial charge in [-0.15, -0.1) is 0 Å². The van der Waals surface area contributed by atoms with Crippen molar-refractivity contribution < 1.29 is 14.3 Å². The summed E-state index contributed by atoms with van der Waals surface area (Å²) < 4.78 is 6.14. The molecule has 2 aliphatic heterocycles. The Morgan fingerprint density at radius 3 is 2.59 bits per heavy atom. The fourth-order valence-corrected chi connectivity index (χ4v) is 4.89. The zero-order valence-electron chi connectivity index (χ0n) is 18.0. The fraction of sp³-hybridized carbons (Fsp3) is 0.417. The maximum absolute atomic E-state index is 12.8. The molecule has 0 aliphatic carbocycles. The van der Waals surface area contributed by atoms with Gasteiger partial charge in [0.05, 0.1) is 22.3 Å². The van der Waals surface area contributed by atoms with Crippen LogP contribution in [0.4, 0.5) is 11.4 Å². The minimum atomic E-state index is -0.440. The van der Waals surface area contributed by atoms with Crippen LogP contribution in [0.5, 0.6) is 5.75 Å². The molecule has 6 nitrogen and oxygen atoms in total. The van der Waals surface area contributed by atoms with E-state index < -0.39 is 6.04 Å². The lowest BCUT2D eigenvalue weighted by Gasteiger charge is -2.33. The average molecular weight is 476 g/mol. The highest BCUT2D eigenvalue weighted by Crippen LogP contribution is 2.33. The van der Waals surface area contributed by atoms with E-state index in [0.29, 0.717) is 29.4 Å². The number of carbonyl (C=O) groups is 2. The van der Waals surface area contributed by atoms with Crippen molar-refractivity contribution in [3.63, 3.8) is 0 Å². The zero-order valence-corrected chi connectivity index (χ0v) is 19.5. The molecule has 170 valence electrons. The van der Waals surface area contributed by atoms with E-state index in [-0.39, 0.29) is 17.9 Å². The second-order valence-corrected chi connectivity index (χ2v) is 9.10. The van der Waals surface area contributed by atoms with E-state index >= 15 is 0 Å². The number of hydrogen-bond donors (Lipinski definition) is 1. The van der Waals surface area contributed by atoms with Gasteiger partial charge in [0, 0.05) is 32.1 Å². The number of carbonyl (C=O) groups excluding carboxylic acids is 2. The lowest BCUT2D eigenvalue weighted by molar-refractivity contribution is -0.138. The number of nitrogens with one attached hydrogen (secondary N) is 1. The molecule has 2 saturated heterocycles. The first kappa shape index (κ1) is 22.7. The molecular formula is C24H27Cl2N3O3. The summed E-state index contributed by atoms with van der Waals surface area (Å²) in [5, 5.41) is 4.06. The van der Waals surface area contributed by atoms with E-state index in [1.165, 1.54) is 6.92 Å². The van der Waals surface area contributed by atoms with Gasteiger partial charge in [-0.25, -0.2) is 0 Å². The average Bonchev–Trinajstić information content (AvgIpc) is 3.24. The number of anilines is 2. The van der Waals surface area contributed by atoms with Crippen molar-refractivity contribution in [2.45, 2.75) is 44.8 Å². The van der Waals surface area contributed by atoms with E-state index in [1.54, 1.807) is 23.1 Å². The standard InChI is InChI=1S/C24H27Cl2N3O3/c1-16(30)29-12-5-4-8-22(29)24(31)27-17-9-10-23(20(26)14-17)32-18-11-13-28(15-18)21-7-3-2-6-19(21)25/h2-3,6-7,9-10,14,18,22H,4-5,8,11-13,15H2,1H3,(H,27,31)/t18-,22+/m0/s1. The lowest BCUT2D eigenvalue weighted by Crippen LogP contribution is -2.49. The number of nitrogens with zero attached hydrogens (tertiary/aromatic N) is 2. The second kappa shape index (κ2) is 10.0. The Bertz CT molecular complexity index is 1000. The van der Waals surface area contributed by atoms with Crippen molar-refractivity contribution in [2.75, 3.05) is 29.9 Å². The first-order chi connectivity index (χ1) is 15.4. The van der Waals surface area contributed by atoms with Gasteiger partial charge in [-0.1, -0.05) is 35.3 Å². The van der Waals surface area contributed by atoms with E-state index in [2.05, 4.69) is 10.2 Å². The minimum absolute atomic E-state index is 0.00409. The summed E-state index contributed by atoms with van der Waals surface area (Å²) >= 11 is 12.8. The summed E-state index contributed by atoms with van der Waals surface area (Å²) in [6.07, 6.45) is 3.39. The van der Waals surface area contributed by atoms with Crippen LogP contribution in [0, 0.1) is 0 Å². The molecule has 32 heavy (non-hydrogen) atoms. The minimum Gasteiger partial charge on any atom is -0.487 e. The third-order valence-corrected chi connectivity index (χ3v) is 6.66. The summed E-state index contributed by atoms with van der Waals surface area (Å²) in [6.45, 7) is 3.70. The Balaban J connectivity index is 1.37. The van der Waals surface area contributed by atoms with E-state index in [0.717, 1.165) is 43.1 Å². The van der Waals surface area contributed by atoms with Gasteiger partial charge < -0.3 is 19.9 Å². The summed E-state index contributed by atoms with van der Waals surface area (Å²) in [5.41, 5.74) is 1.59. The highest BCUT2D eigenvalue weighted by Gasteiger charge is 2.30. The molecule has 2 fully saturated rings. The summed E-state index contributed by atoms with van der Waals surface area (Å²) in [7, 11) is 0. The Hall–Kier alpha value is -2.44. The van der Waals surface area contributed by atoms with Crippen LogP contribution in [0.2, 0.25) is 10.0 Å². The van der Waals surface area contributed by atoms with Crippen LogP contribution in [0.3, 0.4) is 0 Å². The number of amides is 2. The van der Waals surface area contributed by atoms with Gasteiger partial charge in [0.2, 0.25) is 11.8 Å². The second-order valence-electron chi connectivity index (χ2n) is 8.28. The quantitative estimate of drug-likeness (QED) is 0.661. The van der Waals surface area contributed by atoms with Crippen LogP contribution in [-0.4, -0.2) is 48.5 Å². The maximum Gasteiger partial charge on any atom is 0.247 e.